The summed E-state index contributed by atoms with van der Waals surface area (Å²) in [5.74, 6) is 0. The minimum Gasteiger partial charge on any atom is -0.395 e. The van der Waals surface area contributed by atoms with E-state index in [0.29, 0.717) is 26.2 Å². The number of anilines is 1. The summed E-state index contributed by atoms with van der Waals surface area (Å²) in [6, 6.07) is 3.89. The number of likely N-dealkylation sites (N-methyl/N-ethyl adjacent to an activating group) is 2. The second-order valence-electron chi connectivity index (χ2n) is 5.76. The zero-order valence-corrected chi connectivity index (χ0v) is 14.6. The van der Waals surface area contributed by atoms with Gasteiger partial charge in [-0.15, -0.1) is 0 Å². The van der Waals surface area contributed by atoms with E-state index in [1.807, 2.05) is 11.9 Å². The molecule has 24 heavy (non-hydrogen) atoms. The van der Waals surface area contributed by atoms with Crippen molar-refractivity contribution < 1.29 is 18.4 Å². The van der Waals surface area contributed by atoms with Gasteiger partial charge in [0.2, 0.25) is 10.0 Å². The van der Waals surface area contributed by atoms with E-state index < -0.39 is 14.9 Å². The first-order chi connectivity index (χ1) is 11.3. The molecule has 1 aromatic rings. The van der Waals surface area contributed by atoms with Crippen molar-refractivity contribution in [1.29, 1.82) is 0 Å². The van der Waals surface area contributed by atoms with Crippen molar-refractivity contribution in [1.82, 2.24) is 9.21 Å². The van der Waals surface area contributed by atoms with E-state index in [1.165, 1.54) is 21.3 Å². The molecule has 2 rings (SSSR count). The Balaban J connectivity index is 2.37. The van der Waals surface area contributed by atoms with Crippen LogP contribution in [0.25, 0.3) is 0 Å². The first kappa shape index (κ1) is 18.6. The topological polar surface area (TPSA) is 107 Å². The summed E-state index contributed by atoms with van der Waals surface area (Å²) in [5.41, 5.74) is -0.0208. The third kappa shape index (κ3) is 3.83. The van der Waals surface area contributed by atoms with Crippen molar-refractivity contribution in [3.05, 3.63) is 28.3 Å². The highest BCUT2D eigenvalue weighted by Crippen LogP contribution is 2.31. The van der Waals surface area contributed by atoms with Crippen LogP contribution in [0.2, 0.25) is 0 Å². The zero-order valence-electron chi connectivity index (χ0n) is 13.8. The molecule has 1 N–H and O–H groups in total. The number of hydrogen-bond donors (Lipinski definition) is 1. The molecule has 10 heteroatoms. The number of rotatable bonds is 6. The van der Waals surface area contributed by atoms with Gasteiger partial charge in [-0.1, -0.05) is 0 Å². The molecule has 9 nitrogen and oxygen atoms in total. The molecule has 0 unspecified atom stereocenters. The lowest BCUT2D eigenvalue weighted by Gasteiger charge is -2.31. The molecule has 1 aliphatic heterocycles. The molecular formula is C14H22N4O5S. The number of hydrogen-bond acceptors (Lipinski definition) is 7. The largest absolute Gasteiger partial charge is 0.395 e. The molecule has 0 amide bonds. The van der Waals surface area contributed by atoms with E-state index in [1.54, 1.807) is 7.05 Å². The Labute approximate surface area is 141 Å². The van der Waals surface area contributed by atoms with Crippen molar-refractivity contribution in [2.75, 3.05) is 58.3 Å². The van der Waals surface area contributed by atoms with Gasteiger partial charge < -0.3 is 14.9 Å². The average molecular weight is 358 g/mol. The van der Waals surface area contributed by atoms with Crippen LogP contribution in [0.4, 0.5) is 11.4 Å². The van der Waals surface area contributed by atoms with Crippen LogP contribution in [-0.2, 0) is 10.0 Å². The molecule has 1 fully saturated rings. The van der Waals surface area contributed by atoms with E-state index in [0.717, 1.165) is 6.07 Å². The minimum absolute atomic E-state index is 0.0834. The number of nitro groups is 1. The van der Waals surface area contributed by atoms with Gasteiger partial charge in [0, 0.05) is 45.8 Å². The summed E-state index contributed by atoms with van der Waals surface area (Å²) in [5, 5.41) is 20.3. The second kappa shape index (κ2) is 7.43. The zero-order chi connectivity index (χ0) is 17.9. The fourth-order valence-corrected chi connectivity index (χ4v) is 4.02. The van der Waals surface area contributed by atoms with Crippen LogP contribution in [0.3, 0.4) is 0 Å². The predicted molar refractivity (Wildman–Crippen MR) is 89.7 cm³/mol. The van der Waals surface area contributed by atoms with Crippen molar-refractivity contribution in [3.63, 3.8) is 0 Å². The van der Waals surface area contributed by atoms with E-state index in [-0.39, 0.29) is 29.4 Å². The Morgan fingerprint density at radius 1 is 1.29 bits per heavy atom. The Bertz CT molecular complexity index is 701. The highest BCUT2D eigenvalue weighted by molar-refractivity contribution is 7.89. The Morgan fingerprint density at radius 3 is 2.46 bits per heavy atom. The molecule has 0 saturated carbocycles. The first-order valence-corrected chi connectivity index (χ1v) is 9.00. The molecule has 1 saturated heterocycles. The quantitative estimate of drug-likeness (QED) is 0.561. The van der Waals surface area contributed by atoms with Crippen LogP contribution < -0.4 is 4.90 Å². The standard InChI is InChI=1S/C14H22N4O5S/c1-15-5-7-17(8-6-15)24(22,23)12-3-4-13(16(2)9-10-19)14(11-12)18(20)21/h3-4,11,19H,5-10H2,1-2H3. The van der Waals surface area contributed by atoms with Crippen molar-refractivity contribution in [2.24, 2.45) is 0 Å². The SMILES string of the molecule is CN1CCN(S(=O)(=O)c2ccc(N(C)CCO)c([N+](=O)[O-])c2)CC1. The maximum absolute atomic E-state index is 12.7. The summed E-state index contributed by atoms with van der Waals surface area (Å²) in [4.78, 5) is 14.2. The number of piperazine rings is 1. The van der Waals surface area contributed by atoms with Crippen LogP contribution in [0.1, 0.15) is 0 Å². The molecule has 0 radical (unpaired) electrons. The number of aliphatic hydroxyl groups excluding tert-OH is 1. The Hall–Kier alpha value is -1.75. The Morgan fingerprint density at radius 2 is 1.92 bits per heavy atom. The number of sulfonamides is 1. The van der Waals surface area contributed by atoms with Gasteiger partial charge in [-0.05, 0) is 19.2 Å². The molecule has 1 heterocycles. The molecule has 0 spiro atoms. The molecule has 1 aromatic carbocycles. The Kier molecular flexibility index (Phi) is 5.75. The van der Waals surface area contributed by atoms with Crippen LogP contribution in [-0.4, -0.2) is 81.1 Å². The van der Waals surface area contributed by atoms with Gasteiger partial charge in [0.1, 0.15) is 5.69 Å². The van der Waals surface area contributed by atoms with Crippen LogP contribution in [0, 0.1) is 10.1 Å². The normalized spacial score (nSPS) is 17.0. The first-order valence-electron chi connectivity index (χ1n) is 7.56. The van der Waals surface area contributed by atoms with Gasteiger partial charge in [0.25, 0.3) is 5.69 Å². The highest BCUT2D eigenvalue weighted by Gasteiger charge is 2.30. The molecule has 0 bridgehead atoms. The highest BCUT2D eigenvalue weighted by atomic mass is 32.2. The number of nitro benzene ring substituents is 1. The third-order valence-corrected chi connectivity index (χ3v) is 5.98. The molecule has 134 valence electrons. The fourth-order valence-electron chi connectivity index (χ4n) is 2.58. The lowest BCUT2D eigenvalue weighted by molar-refractivity contribution is -0.384. The average Bonchev–Trinajstić information content (AvgIpc) is 2.54. The number of benzene rings is 1. The van der Waals surface area contributed by atoms with Crippen molar-refractivity contribution in [2.45, 2.75) is 4.90 Å². The van der Waals surface area contributed by atoms with Gasteiger partial charge in [0.05, 0.1) is 16.4 Å². The van der Waals surface area contributed by atoms with E-state index in [4.69, 9.17) is 5.11 Å². The molecule has 0 atom stereocenters. The van der Waals surface area contributed by atoms with E-state index in [2.05, 4.69) is 0 Å². The van der Waals surface area contributed by atoms with Gasteiger partial charge in [-0.25, -0.2) is 8.42 Å². The maximum atomic E-state index is 12.7. The maximum Gasteiger partial charge on any atom is 0.293 e. The van der Waals surface area contributed by atoms with E-state index >= 15 is 0 Å². The van der Waals surface area contributed by atoms with Crippen molar-refractivity contribution in [3.8, 4) is 0 Å². The van der Waals surface area contributed by atoms with Crippen LogP contribution >= 0.6 is 0 Å². The molecular weight excluding hydrogens is 336 g/mol. The van der Waals surface area contributed by atoms with E-state index in [9.17, 15) is 18.5 Å². The summed E-state index contributed by atoms with van der Waals surface area (Å²) < 4.78 is 26.8. The third-order valence-electron chi connectivity index (χ3n) is 4.09. The minimum atomic E-state index is -3.76. The number of nitrogens with zero attached hydrogens (tertiary/aromatic N) is 4. The summed E-state index contributed by atoms with van der Waals surface area (Å²) in [6.07, 6.45) is 0. The second-order valence-corrected chi connectivity index (χ2v) is 7.70. The van der Waals surface area contributed by atoms with Crippen molar-refractivity contribution >= 4 is 21.4 Å². The lowest BCUT2D eigenvalue weighted by atomic mass is 10.2. The van der Waals surface area contributed by atoms with Gasteiger partial charge in [0.15, 0.2) is 0 Å². The lowest BCUT2D eigenvalue weighted by Crippen LogP contribution is -2.47. The van der Waals surface area contributed by atoms with Gasteiger partial charge >= 0.3 is 0 Å². The van der Waals surface area contributed by atoms with Gasteiger partial charge in [-0.3, -0.25) is 10.1 Å². The summed E-state index contributed by atoms with van der Waals surface area (Å²) >= 11 is 0. The summed E-state index contributed by atoms with van der Waals surface area (Å²) in [7, 11) is -0.240. The van der Waals surface area contributed by atoms with Gasteiger partial charge in [-0.2, -0.15) is 4.31 Å². The summed E-state index contributed by atoms with van der Waals surface area (Å²) in [6.45, 7) is 2.02. The number of aliphatic hydroxyl groups is 1. The smallest absolute Gasteiger partial charge is 0.293 e. The predicted octanol–water partition coefficient (Wildman–Crippen LogP) is -0.0406. The fraction of sp³-hybridized carbons (Fsp3) is 0.571. The van der Waals surface area contributed by atoms with Crippen LogP contribution in [0.5, 0.6) is 0 Å². The molecule has 0 aliphatic carbocycles. The molecule has 0 aromatic heterocycles. The monoisotopic (exact) mass is 358 g/mol. The van der Waals surface area contributed by atoms with Crippen LogP contribution in [0.15, 0.2) is 23.1 Å². The molecule has 1 aliphatic rings.